The Morgan fingerprint density at radius 1 is 1.14 bits per heavy atom. The van der Waals surface area contributed by atoms with Gasteiger partial charge in [0.15, 0.2) is 0 Å². The molecule has 3 fully saturated rings. The Labute approximate surface area is 129 Å². The second-order valence-electron chi connectivity index (χ2n) is 7.60. The molecule has 0 heterocycles. The van der Waals surface area contributed by atoms with E-state index < -0.39 is 0 Å². The molecule has 1 heteroatoms. The van der Waals surface area contributed by atoms with Gasteiger partial charge in [-0.2, -0.15) is 0 Å². The third-order valence-electron chi connectivity index (χ3n) is 6.51. The molecule has 4 rings (SSSR count). The summed E-state index contributed by atoms with van der Waals surface area (Å²) in [7, 11) is 0. The Hall–Kier alpha value is -0.820. The number of rotatable bonds is 6. The van der Waals surface area contributed by atoms with Gasteiger partial charge < -0.3 is 5.32 Å². The zero-order valence-electron chi connectivity index (χ0n) is 13.5. The van der Waals surface area contributed by atoms with Crippen molar-refractivity contribution in [1.82, 2.24) is 5.32 Å². The van der Waals surface area contributed by atoms with Crippen LogP contribution in [0.5, 0.6) is 0 Å². The first-order chi connectivity index (χ1) is 10.3. The lowest BCUT2D eigenvalue weighted by Crippen LogP contribution is -2.26. The molecule has 1 aromatic carbocycles. The van der Waals surface area contributed by atoms with Crippen LogP contribution in [0.15, 0.2) is 24.3 Å². The van der Waals surface area contributed by atoms with Gasteiger partial charge in [-0.05, 0) is 79.4 Å². The fourth-order valence-corrected chi connectivity index (χ4v) is 5.62. The molecule has 3 aliphatic carbocycles. The fourth-order valence-electron chi connectivity index (χ4n) is 5.62. The first kappa shape index (κ1) is 13.8. The number of hydrogen-bond donors (Lipinski definition) is 1. The first-order valence-electron chi connectivity index (χ1n) is 9.15. The van der Waals surface area contributed by atoms with Crippen LogP contribution in [0.1, 0.15) is 56.7 Å². The molecule has 21 heavy (non-hydrogen) atoms. The lowest BCUT2D eigenvalue weighted by Gasteiger charge is -2.23. The number of fused-ring (bicyclic) bond motifs is 5. The van der Waals surface area contributed by atoms with E-state index in [-0.39, 0.29) is 0 Å². The van der Waals surface area contributed by atoms with E-state index in [9.17, 15) is 0 Å². The number of benzene rings is 1. The molecule has 0 aromatic heterocycles. The van der Waals surface area contributed by atoms with Crippen LogP contribution in [0, 0.1) is 29.6 Å². The summed E-state index contributed by atoms with van der Waals surface area (Å²) in [5.41, 5.74) is 3.05. The van der Waals surface area contributed by atoms with Gasteiger partial charge in [0.2, 0.25) is 0 Å². The Bertz CT molecular complexity index is 492. The predicted octanol–water partition coefficient (Wildman–Crippen LogP) is 4.58. The van der Waals surface area contributed by atoms with E-state index in [1.165, 1.54) is 24.8 Å². The van der Waals surface area contributed by atoms with Gasteiger partial charge in [-0.3, -0.25) is 0 Å². The van der Waals surface area contributed by atoms with Gasteiger partial charge >= 0.3 is 0 Å². The maximum absolute atomic E-state index is 3.90. The third kappa shape index (κ3) is 2.25. The number of nitrogens with one attached hydrogen (secondary N) is 1. The Morgan fingerprint density at radius 2 is 1.90 bits per heavy atom. The zero-order chi connectivity index (χ0) is 14.4. The lowest BCUT2D eigenvalue weighted by atomic mass is 9.92. The van der Waals surface area contributed by atoms with E-state index >= 15 is 0 Å². The molecule has 5 atom stereocenters. The molecule has 3 aliphatic rings. The zero-order valence-corrected chi connectivity index (χ0v) is 13.5. The highest BCUT2D eigenvalue weighted by molar-refractivity contribution is 5.30. The molecule has 0 amide bonds. The van der Waals surface area contributed by atoms with Crippen LogP contribution in [0.25, 0.3) is 0 Å². The summed E-state index contributed by atoms with van der Waals surface area (Å²) in [5, 5.41) is 3.90. The van der Waals surface area contributed by atoms with Crippen LogP contribution in [-0.4, -0.2) is 6.54 Å². The van der Waals surface area contributed by atoms with Crippen molar-refractivity contribution in [2.45, 2.75) is 52.0 Å². The highest BCUT2D eigenvalue weighted by atomic mass is 15.0. The van der Waals surface area contributed by atoms with Gasteiger partial charge in [-0.1, -0.05) is 38.1 Å². The molecular weight excluding hydrogens is 254 g/mol. The second kappa shape index (κ2) is 5.43. The van der Waals surface area contributed by atoms with Crippen LogP contribution >= 0.6 is 0 Å². The smallest absolute Gasteiger partial charge is 0.0354 e. The molecule has 3 saturated carbocycles. The van der Waals surface area contributed by atoms with Crippen molar-refractivity contribution >= 4 is 0 Å². The van der Waals surface area contributed by atoms with E-state index in [1.807, 2.05) is 0 Å². The molecule has 0 radical (unpaired) electrons. The van der Waals surface area contributed by atoms with E-state index in [2.05, 4.69) is 43.4 Å². The van der Waals surface area contributed by atoms with Gasteiger partial charge in [0.05, 0.1) is 0 Å². The van der Waals surface area contributed by atoms with Gasteiger partial charge in [-0.25, -0.2) is 0 Å². The predicted molar refractivity (Wildman–Crippen MR) is 88.2 cm³/mol. The number of hydrogen-bond acceptors (Lipinski definition) is 1. The summed E-state index contributed by atoms with van der Waals surface area (Å²) in [5.74, 6) is 5.21. The van der Waals surface area contributed by atoms with Crippen molar-refractivity contribution in [3.05, 3.63) is 35.4 Å². The van der Waals surface area contributed by atoms with Gasteiger partial charge in [-0.15, -0.1) is 0 Å². The Balaban J connectivity index is 1.57. The third-order valence-corrected chi connectivity index (χ3v) is 6.51. The maximum Gasteiger partial charge on any atom is 0.0354 e. The molecule has 1 N–H and O–H groups in total. The van der Waals surface area contributed by atoms with Crippen LogP contribution in [0.3, 0.4) is 0 Å². The van der Waals surface area contributed by atoms with Crippen LogP contribution in [0.2, 0.25) is 0 Å². The minimum atomic E-state index is 0.620. The highest BCUT2D eigenvalue weighted by Crippen LogP contribution is 2.72. The molecule has 0 spiro atoms. The summed E-state index contributed by atoms with van der Waals surface area (Å²) in [6.07, 6.45) is 6.99. The van der Waals surface area contributed by atoms with Crippen molar-refractivity contribution in [3.63, 3.8) is 0 Å². The summed E-state index contributed by atoms with van der Waals surface area (Å²) in [4.78, 5) is 0. The van der Waals surface area contributed by atoms with Crippen molar-refractivity contribution in [2.24, 2.45) is 29.6 Å². The summed E-state index contributed by atoms with van der Waals surface area (Å²) < 4.78 is 0. The minimum Gasteiger partial charge on any atom is -0.310 e. The molecule has 5 unspecified atom stereocenters. The quantitative estimate of drug-likeness (QED) is 0.805. The topological polar surface area (TPSA) is 12.0 Å². The van der Waals surface area contributed by atoms with Gasteiger partial charge in [0, 0.05) is 6.04 Å². The normalized spacial score (nSPS) is 37.5. The van der Waals surface area contributed by atoms with Crippen molar-refractivity contribution in [1.29, 1.82) is 0 Å². The maximum atomic E-state index is 3.90. The summed E-state index contributed by atoms with van der Waals surface area (Å²) in [6, 6.07) is 9.99. The Kier molecular flexibility index (Phi) is 3.57. The minimum absolute atomic E-state index is 0.620. The SMILES string of the molecule is CCCNC(c1cccc(CC)c1)C1C2C3CCC(C3)C21. The summed E-state index contributed by atoms with van der Waals surface area (Å²) in [6.45, 7) is 5.70. The van der Waals surface area contributed by atoms with E-state index in [1.54, 1.807) is 12.0 Å². The van der Waals surface area contributed by atoms with Gasteiger partial charge in [0.25, 0.3) is 0 Å². The summed E-state index contributed by atoms with van der Waals surface area (Å²) >= 11 is 0. The first-order valence-corrected chi connectivity index (χ1v) is 9.15. The lowest BCUT2D eigenvalue weighted by molar-refractivity contribution is 0.370. The van der Waals surface area contributed by atoms with Crippen LogP contribution in [0.4, 0.5) is 0 Å². The van der Waals surface area contributed by atoms with Crippen LogP contribution in [-0.2, 0) is 6.42 Å². The molecular formula is C20H29N. The van der Waals surface area contributed by atoms with E-state index in [0.717, 1.165) is 42.6 Å². The Morgan fingerprint density at radius 3 is 2.57 bits per heavy atom. The van der Waals surface area contributed by atoms with Crippen LogP contribution < -0.4 is 5.32 Å². The number of aryl methyl sites for hydroxylation is 1. The molecule has 0 aliphatic heterocycles. The van der Waals surface area contributed by atoms with Gasteiger partial charge in [0.1, 0.15) is 0 Å². The van der Waals surface area contributed by atoms with Crippen molar-refractivity contribution in [3.8, 4) is 0 Å². The molecule has 1 nitrogen and oxygen atoms in total. The standard InChI is InChI=1S/C20H29N/c1-3-10-21-20(16-7-5-6-13(4-2)11-16)19-17-14-8-9-15(12-14)18(17)19/h5-7,11,14-15,17-21H,3-4,8-10,12H2,1-2H3. The van der Waals surface area contributed by atoms with E-state index in [4.69, 9.17) is 0 Å². The largest absolute Gasteiger partial charge is 0.310 e. The monoisotopic (exact) mass is 283 g/mol. The van der Waals surface area contributed by atoms with Crippen molar-refractivity contribution < 1.29 is 0 Å². The highest BCUT2D eigenvalue weighted by Gasteiger charge is 2.66. The molecule has 1 aromatic rings. The average molecular weight is 283 g/mol. The second-order valence-corrected chi connectivity index (χ2v) is 7.60. The van der Waals surface area contributed by atoms with E-state index in [0.29, 0.717) is 6.04 Å². The average Bonchev–Trinajstić information content (AvgIpc) is 2.93. The van der Waals surface area contributed by atoms with Crippen molar-refractivity contribution in [2.75, 3.05) is 6.54 Å². The molecule has 114 valence electrons. The molecule has 0 saturated heterocycles. The fraction of sp³-hybridized carbons (Fsp3) is 0.700. The molecule has 2 bridgehead atoms.